The Balaban J connectivity index is 1.54. The summed E-state index contributed by atoms with van der Waals surface area (Å²) in [5.74, 6) is -6.75. The second-order valence-electron chi connectivity index (χ2n) is 9.74. The van der Waals surface area contributed by atoms with Crippen molar-refractivity contribution in [2.45, 2.75) is 44.4 Å². The third-order valence-corrected chi connectivity index (χ3v) is 6.93. The van der Waals surface area contributed by atoms with Gasteiger partial charge in [0.1, 0.15) is 23.8 Å². The van der Waals surface area contributed by atoms with Crippen molar-refractivity contribution in [3.05, 3.63) is 99.0 Å². The molecule has 39 heavy (non-hydrogen) atoms. The number of aromatic nitrogens is 1. The van der Waals surface area contributed by atoms with Crippen LogP contribution < -0.4 is 15.5 Å². The van der Waals surface area contributed by atoms with E-state index < -0.39 is 59.6 Å². The van der Waals surface area contributed by atoms with Gasteiger partial charge in [-0.15, -0.1) is 0 Å². The van der Waals surface area contributed by atoms with Gasteiger partial charge in [0.15, 0.2) is 11.4 Å². The molecule has 0 radical (unpaired) electrons. The predicted octanol–water partition coefficient (Wildman–Crippen LogP) is 4.45. The molecule has 1 N–H and O–H groups in total. The summed E-state index contributed by atoms with van der Waals surface area (Å²) in [6, 6.07) is 11.2. The average molecular weight is 544 g/mol. The minimum absolute atomic E-state index is 0.00938. The second kappa shape index (κ2) is 10.5. The molecule has 2 amide bonds. The fourth-order valence-corrected chi connectivity index (χ4v) is 4.96. The topological polar surface area (TPSA) is 80.6 Å². The number of carbonyl (C=O) groups is 2. The Labute approximate surface area is 221 Å². The molecule has 3 aromatic rings. The van der Waals surface area contributed by atoms with Crippen LogP contribution >= 0.6 is 0 Å². The Morgan fingerprint density at radius 2 is 1.87 bits per heavy atom. The molecule has 2 aromatic carbocycles. The maximum atomic E-state index is 14.4. The molecule has 0 saturated carbocycles. The normalized spacial score (nSPS) is 18.1. The highest BCUT2D eigenvalue weighted by Crippen LogP contribution is 2.36. The van der Waals surface area contributed by atoms with Gasteiger partial charge in [0, 0.05) is 37.3 Å². The summed E-state index contributed by atoms with van der Waals surface area (Å²) >= 11 is 0. The van der Waals surface area contributed by atoms with Gasteiger partial charge >= 0.3 is 0 Å². The number of carbonyl (C=O) groups excluding carboxylic acids is 2. The van der Waals surface area contributed by atoms with Crippen LogP contribution in [0.3, 0.4) is 0 Å². The van der Waals surface area contributed by atoms with Crippen molar-refractivity contribution >= 4 is 11.8 Å². The first kappa shape index (κ1) is 26.5. The molecule has 5 rings (SSSR count). The molecule has 11 heteroatoms. The first-order valence-corrected chi connectivity index (χ1v) is 12.5. The highest BCUT2D eigenvalue weighted by molar-refractivity contribution is 5.99. The van der Waals surface area contributed by atoms with Crippen LogP contribution in [0.15, 0.2) is 59.5 Å². The van der Waals surface area contributed by atoms with Crippen molar-refractivity contribution in [2.75, 3.05) is 13.1 Å². The molecule has 2 bridgehead atoms. The lowest BCUT2D eigenvalue weighted by Crippen LogP contribution is -2.50. The largest absolute Gasteiger partial charge is 0.483 e. The van der Waals surface area contributed by atoms with Crippen LogP contribution in [0.1, 0.15) is 57.3 Å². The maximum absolute atomic E-state index is 14.4. The first-order valence-electron chi connectivity index (χ1n) is 12.5. The number of amides is 2. The minimum Gasteiger partial charge on any atom is -0.483 e. The van der Waals surface area contributed by atoms with E-state index in [1.807, 2.05) is 0 Å². The average Bonchev–Trinajstić information content (AvgIpc) is 2.89. The Bertz CT molecular complexity index is 1480. The Morgan fingerprint density at radius 3 is 2.62 bits per heavy atom. The van der Waals surface area contributed by atoms with Crippen LogP contribution in [-0.2, 0) is 13.2 Å². The van der Waals surface area contributed by atoms with Gasteiger partial charge in [0.05, 0.1) is 12.6 Å². The summed E-state index contributed by atoms with van der Waals surface area (Å²) in [4.78, 5) is 41.1. The SMILES string of the molecule is O=C(NCc1ccc(F)cc1F)c1cn2c(c(OCc3ccccc3)c1=O)C(=O)N1CC2CCCC(F)(F)C1. The van der Waals surface area contributed by atoms with Gasteiger partial charge in [-0.1, -0.05) is 36.4 Å². The lowest BCUT2D eigenvalue weighted by Gasteiger charge is -2.40. The smallest absolute Gasteiger partial charge is 0.274 e. The molecule has 2 aliphatic rings. The zero-order valence-electron chi connectivity index (χ0n) is 20.8. The molecule has 1 fully saturated rings. The van der Waals surface area contributed by atoms with E-state index >= 15 is 0 Å². The highest BCUT2D eigenvalue weighted by atomic mass is 19.3. The summed E-state index contributed by atoms with van der Waals surface area (Å²) in [6.45, 7) is -1.22. The Morgan fingerprint density at radius 1 is 1.10 bits per heavy atom. The van der Waals surface area contributed by atoms with Gasteiger partial charge in [-0.05, 0) is 24.5 Å². The van der Waals surface area contributed by atoms with E-state index in [0.717, 1.165) is 11.0 Å². The maximum Gasteiger partial charge on any atom is 0.274 e. The fourth-order valence-electron chi connectivity index (χ4n) is 4.96. The number of alkyl halides is 2. The number of pyridine rings is 1. The molecule has 1 atom stereocenters. The van der Waals surface area contributed by atoms with Gasteiger partial charge in [0.25, 0.3) is 17.7 Å². The van der Waals surface area contributed by atoms with E-state index in [9.17, 15) is 31.9 Å². The van der Waals surface area contributed by atoms with Crippen LogP contribution in [0.25, 0.3) is 0 Å². The van der Waals surface area contributed by atoms with E-state index in [1.165, 1.54) is 16.8 Å². The van der Waals surface area contributed by atoms with E-state index in [2.05, 4.69) is 5.32 Å². The van der Waals surface area contributed by atoms with Crippen LogP contribution in [0.4, 0.5) is 17.6 Å². The number of nitrogens with one attached hydrogen (secondary N) is 1. The van der Waals surface area contributed by atoms with Gasteiger partial charge in [0.2, 0.25) is 5.43 Å². The number of hydrogen-bond acceptors (Lipinski definition) is 4. The molecular formula is C28H25F4N3O4. The number of ether oxygens (including phenoxy) is 1. The van der Waals surface area contributed by atoms with E-state index in [-0.39, 0.29) is 49.4 Å². The standard InChI is InChI=1S/C28H25F4N3O4/c29-19-9-8-18(22(30)11-19)12-33-26(37)21-14-35-20-7-4-10-28(31,32)16-34(13-20)27(38)23(35)25(24(21)36)39-15-17-5-2-1-3-6-17/h1-3,5-6,8-9,11,14,20H,4,7,10,12-13,15-16H2,(H,33,37). The number of fused-ring (bicyclic) bond motifs is 4. The fraction of sp³-hybridized carbons (Fsp3) is 0.321. The van der Waals surface area contributed by atoms with Crippen molar-refractivity contribution < 1.29 is 31.9 Å². The molecule has 2 aliphatic heterocycles. The number of benzene rings is 2. The lowest BCUT2D eigenvalue weighted by atomic mass is 9.97. The highest BCUT2D eigenvalue weighted by Gasteiger charge is 2.42. The molecule has 0 aliphatic carbocycles. The number of hydrogen-bond donors (Lipinski definition) is 1. The number of nitrogens with zero attached hydrogens (tertiary/aromatic N) is 2. The van der Waals surface area contributed by atoms with Crippen LogP contribution in [-0.4, -0.2) is 40.3 Å². The molecule has 1 unspecified atom stereocenters. The van der Waals surface area contributed by atoms with Gasteiger partial charge in [-0.3, -0.25) is 14.4 Å². The quantitative estimate of drug-likeness (QED) is 0.466. The third kappa shape index (κ3) is 5.52. The number of halogens is 4. The van der Waals surface area contributed by atoms with Gasteiger partial charge in [-0.25, -0.2) is 17.6 Å². The summed E-state index contributed by atoms with van der Waals surface area (Å²) in [6.07, 6.45) is 1.31. The Kier molecular flexibility index (Phi) is 7.16. The minimum atomic E-state index is -3.07. The molecule has 7 nitrogen and oxygen atoms in total. The lowest BCUT2D eigenvalue weighted by molar-refractivity contribution is -0.0488. The molecule has 0 spiro atoms. The first-order chi connectivity index (χ1) is 18.6. The Hall–Kier alpha value is -4.15. The summed E-state index contributed by atoms with van der Waals surface area (Å²) in [5.41, 5.74) is -0.743. The van der Waals surface area contributed by atoms with E-state index in [1.54, 1.807) is 30.3 Å². The second-order valence-corrected chi connectivity index (χ2v) is 9.74. The van der Waals surface area contributed by atoms with Crippen LogP contribution in [0.2, 0.25) is 0 Å². The van der Waals surface area contributed by atoms with Gasteiger partial charge < -0.3 is 19.5 Å². The van der Waals surface area contributed by atoms with E-state index in [0.29, 0.717) is 11.6 Å². The molecule has 1 aromatic heterocycles. The molecular weight excluding hydrogens is 518 g/mol. The summed E-state index contributed by atoms with van der Waals surface area (Å²) in [5, 5.41) is 2.46. The van der Waals surface area contributed by atoms with Crippen molar-refractivity contribution in [1.82, 2.24) is 14.8 Å². The van der Waals surface area contributed by atoms with Crippen LogP contribution in [0.5, 0.6) is 5.75 Å². The van der Waals surface area contributed by atoms with E-state index in [4.69, 9.17) is 4.74 Å². The predicted molar refractivity (Wildman–Crippen MR) is 133 cm³/mol. The zero-order chi connectivity index (χ0) is 27.7. The number of rotatable bonds is 6. The monoisotopic (exact) mass is 543 g/mol. The van der Waals surface area contributed by atoms with Crippen molar-refractivity contribution in [3.63, 3.8) is 0 Å². The van der Waals surface area contributed by atoms with Crippen molar-refractivity contribution in [3.8, 4) is 5.75 Å². The summed E-state index contributed by atoms with van der Waals surface area (Å²) in [7, 11) is 0. The zero-order valence-corrected chi connectivity index (χ0v) is 20.8. The molecule has 3 heterocycles. The molecule has 204 valence electrons. The van der Waals surface area contributed by atoms with Crippen molar-refractivity contribution in [1.29, 1.82) is 0 Å². The van der Waals surface area contributed by atoms with Crippen LogP contribution in [0, 0.1) is 11.6 Å². The summed E-state index contributed by atoms with van der Waals surface area (Å²) < 4.78 is 63.4. The third-order valence-electron chi connectivity index (χ3n) is 6.93. The van der Waals surface area contributed by atoms with Gasteiger partial charge in [-0.2, -0.15) is 0 Å². The van der Waals surface area contributed by atoms with Crippen molar-refractivity contribution in [2.24, 2.45) is 0 Å². The molecule has 1 saturated heterocycles.